The van der Waals surface area contributed by atoms with Gasteiger partial charge in [0.15, 0.2) is 0 Å². The highest BCUT2D eigenvalue weighted by Gasteiger charge is 2.25. The SMILES string of the molecule is O=C(Cn1cnc2scc(-c3ccc(F)cc3)c2c1=O)Nc1ccc(S(=O)(=O)N2CCCCC2)cc1. The van der Waals surface area contributed by atoms with Crippen molar-refractivity contribution in [1.82, 2.24) is 13.9 Å². The molecule has 0 radical (unpaired) electrons. The van der Waals surface area contributed by atoms with Crippen molar-refractivity contribution in [3.8, 4) is 11.1 Å². The molecule has 3 heterocycles. The van der Waals surface area contributed by atoms with E-state index in [-0.39, 0.29) is 22.8 Å². The van der Waals surface area contributed by atoms with Crippen molar-refractivity contribution >= 4 is 43.2 Å². The number of sulfonamides is 1. The van der Waals surface area contributed by atoms with Crippen molar-refractivity contribution in [2.45, 2.75) is 30.7 Å². The van der Waals surface area contributed by atoms with Crippen LogP contribution in [0.3, 0.4) is 0 Å². The van der Waals surface area contributed by atoms with Gasteiger partial charge in [-0.3, -0.25) is 14.2 Å². The molecule has 0 unspecified atom stereocenters. The number of carbonyl (C=O) groups excluding carboxylic acids is 1. The van der Waals surface area contributed by atoms with Crippen molar-refractivity contribution in [1.29, 1.82) is 0 Å². The van der Waals surface area contributed by atoms with E-state index in [1.165, 1.54) is 62.9 Å². The fourth-order valence-corrected chi connectivity index (χ4v) is 6.67. The number of nitrogens with zero attached hydrogens (tertiary/aromatic N) is 3. The molecule has 8 nitrogen and oxygen atoms in total. The first-order chi connectivity index (χ1) is 17.3. The van der Waals surface area contributed by atoms with Gasteiger partial charge in [-0.15, -0.1) is 11.3 Å². The molecule has 2 aromatic carbocycles. The van der Waals surface area contributed by atoms with Crippen LogP contribution >= 0.6 is 11.3 Å². The third-order valence-corrected chi connectivity index (χ3v) is 8.92. The van der Waals surface area contributed by atoms with Crippen LogP contribution < -0.4 is 10.9 Å². The second-order valence-electron chi connectivity index (χ2n) is 8.55. The van der Waals surface area contributed by atoms with E-state index in [0.717, 1.165) is 19.3 Å². The van der Waals surface area contributed by atoms with E-state index in [1.807, 2.05) is 0 Å². The lowest BCUT2D eigenvalue weighted by Crippen LogP contribution is -2.35. The highest BCUT2D eigenvalue weighted by atomic mass is 32.2. The van der Waals surface area contributed by atoms with Crippen LogP contribution in [0.25, 0.3) is 21.3 Å². The Morgan fingerprint density at radius 1 is 1.03 bits per heavy atom. The number of rotatable bonds is 6. The molecule has 1 amide bonds. The van der Waals surface area contributed by atoms with Crippen molar-refractivity contribution in [2.75, 3.05) is 18.4 Å². The number of benzene rings is 2. The Balaban J connectivity index is 1.32. The van der Waals surface area contributed by atoms with Crippen LogP contribution in [0.2, 0.25) is 0 Å². The van der Waals surface area contributed by atoms with Crippen molar-refractivity contribution in [3.05, 3.63) is 76.4 Å². The average Bonchev–Trinajstić information content (AvgIpc) is 3.32. The summed E-state index contributed by atoms with van der Waals surface area (Å²) in [5.41, 5.74) is 1.36. The molecule has 5 rings (SSSR count). The highest BCUT2D eigenvalue weighted by molar-refractivity contribution is 7.89. The molecule has 0 spiro atoms. The Kier molecular flexibility index (Phi) is 6.69. The lowest BCUT2D eigenvalue weighted by Gasteiger charge is -2.25. The van der Waals surface area contributed by atoms with Gasteiger partial charge in [0, 0.05) is 29.7 Å². The number of piperidine rings is 1. The number of amides is 1. The summed E-state index contributed by atoms with van der Waals surface area (Å²) < 4.78 is 41.6. The van der Waals surface area contributed by atoms with Gasteiger partial charge in [0.25, 0.3) is 5.56 Å². The molecule has 4 aromatic rings. The number of hydrogen-bond donors (Lipinski definition) is 1. The summed E-state index contributed by atoms with van der Waals surface area (Å²) in [5, 5.41) is 4.85. The van der Waals surface area contributed by atoms with Gasteiger partial charge in [-0.25, -0.2) is 17.8 Å². The predicted molar refractivity (Wildman–Crippen MR) is 137 cm³/mol. The smallest absolute Gasteiger partial charge is 0.263 e. The summed E-state index contributed by atoms with van der Waals surface area (Å²) in [6, 6.07) is 11.8. The molecule has 1 aliphatic rings. The first-order valence-corrected chi connectivity index (χ1v) is 13.8. The lowest BCUT2D eigenvalue weighted by atomic mass is 10.1. The number of nitrogens with one attached hydrogen (secondary N) is 1. The minimum absolute atomic E-state index is 0.180. The molecule has 11 heteroatoms. The zero-order valence-electron chi connectivity index (χ0n) is 19.2. The van der Waals surface area contributed by atoms with Crippen LogP contribution in [-0.2, 0) is 21.4 Å². The Morgan fingerprint density at radius 2 is 1.72 bits per heavy atom. The van der Waals surface area contributed by atoms with Crippen molar-refractivity contribution < 1.29 is 17.6 Å². The minimum atomic E-state index is -3.56. The first kappa shape index (κ1) is 24.3. The largest absolute Gasteiger partial charge is 0.325 e. The molecular formula is C25H23FN4O4S2. The van der Waals surface area contributed by atoms with Crippen molar-refractivity contribution in [2.24, 2.45) is 0 Å². The Bertz CT molecular complexity index is 1570. The zero-order valence-corrected chi connectivity index (χ0v) is 20.8. The Morgan fingerprint density at radius 3 is 2.42 bits per heavy atom. The minimum Gasteiger partial charge on any atom is -0.325 e. The van der Waals surface area contributed by atoms with Gasteiger partial charge < -0.3 is 5.32 Å². The summed E-state index contributed by atoms with van der Waals surface area (Å²) in [5.74, 6) is -0.828. The Hall–Kier alpha value is -3.41. The standard InChI is InChI=1S/C25H23FN4O4S2/c26-18-6-4-17(5-7-18)21-15-35-24-23(21)25(32)29(16-27-24)14-22(31)28-19-8-10-20(11-9-19)36(33,34)30-12-2-1-3-13-30/h4-11,15-16H,1-3,12-14H2,(H,28,31). The molecule has 1 fully saturated rings. The molecule has 0 atom stereocenters. The summed E-state index contributed by atoms with van der Waals surface area (Å²) in [7, 11) is -3.56. The third-order valence-electron chi connectivity index (χ3n) is 6.12. The van der Waals surface area contributed by atoms with Gasteiger partial charge in [-0.2, -0.15) is 4.31 Å². The normalized spacial score (nSPS) is 14.7. The van der Waals surface area contributed by atoms with E-state index in [1.54, 1.807) is 17.5 Å². The summed E-state index contributed by atoms with van der Waals surface area (Å²) in [6.07, 6.45) is 4.06. The molecule has 0 bridgehead atoms. The van der Waals surface area contributed by atoms with Crippen LogP contribution in [0.4, 0.5) is 10.1 Å². The third kappa shape index (κ3) is 4.81. The topological polar surface area (TPSA) is 101 Å². The molecule has 36 heavy (non-hydrogen) atoms. The monoisotopic (exact) mass is 526 g/mol. The fourth-order valence-electron chi connectivity index (χ4n) is 4.24. The maximum atomic E-state index is 13.3. The van der Waals surface area contributed by atoms with Gasteiger partial charge in [-0.05, 0) is 54.8 Å². The number of hydrogen-bond acceptors (Lipinski definition) is 6. The predicted octanol–water partition coefficient (Wildman–Crippen LogP) is 4.08. The van der Waals surface area contributed by atoms with Crippen LogP contribution in [0.15, 0.2) is 69.9 Å². The second kappa shape index (κ2) is 9.92. The van der Waals surface area contributed by atoms with E-state index in [0.29, 0.717) is 40.1 Å². The van der Waals surface area contributed by atoms with Crippen molar-refractivity contribution in [3.63, 3.8) is 0 Å². The molecule has 1 N–H and O–H groups in total. The van der Waals surface area contributed by atoms with Crippen LogP contribution in [0, 0.1) is 5.82 Å². The second-order valence-corrected chi connectivity index (χ2v) is 11.3. The average molecular weight is 527 g/mol. The Labute approximate surface area is 211 Å². The van der Waals surface area contributed by atoms with Crippen LogP contribution in [0.5, 0.6) is 0 Å². The molecular weight excluding hydrogens is 503 g/mol. The van der Waals surface area contributed by atoms with Crippen LogP contribution in [0.1, 0.15) is 19.3 Å². The molecule has 0 aliphatic carbocycles. The van der Waals surface area contributed by atoms with Gasteiger partial charge in [0.1, 0.15) is 17.2 Å². The zero-order chi connectivity index (χ0) is 25.3. The molecule has 1 aliphatic heterocycles. The maximum Gasteiger partial charge on any atom is 0.263 e. The molecule has 1 saturated heterocycles. The number of fused-ring (bicyclic) bond motifs is 1. The quantitative estimate of drug-likeness (QED) is 0.408. The van der Waals surface area contributed by atoms with E-state index >= 15 is 0 Å². The van der Waals surface area contributed by atoms with E-state index in [4.69, 9.17) is 0 Å². The van der Waals surface area contributed by atoms with Gasteiger partial charge in [0.2, 0.25) is 15.9 Å². The number of aromatic nitrogens is 2. The fraction of sp³-hybridized carbons (Fsp3) is 0.240. The number of halogens is 1. The van der Waals surface area contributed by atoms with Gasteiger partial charge in [0.05, 0.1) is 16.6 Å². The van der Waals surface area contributed by atoms with E-state index in [9.17, 15) is 22.4 Å². The molecule has 0 saturated carbocycles. The molecule has 186 valence electrons. The van der Waals surface area contributed by atoms with E-state index in [2.05, 4.69) is 10.3 Å². The summed E-state index contributed by atoms with van der Waals surface area (Å²) >= 11 is 1.30. The maximum absolute atomic E-state index is 13.3. The molecule has 2 aromatic heterocycles. The first-order valence-electron chi connectivity index (χ1n) is 11.5. The van der Waals surface area contributed by atoms with E-state index < -0.39 is 15.9 Å². The highest BCUT2D eigenvalue weighted by Crippen LogP contribution is 2.30. The van der Waals surface area contributed by atoms with Gasteiger partial charge in [-0.1, -0.05) is 18.6 Å². The lowest BCUT2D eigenvalue weighted by molar-refractivity contribution is -0.116. The number of carbonyl (C=O) groups is 1. The summed E-state index contributed by atoms with van der Waals surface area (Å²) in [4.78, 5) is 30.8. The van der Waals surface area contributed by atoms with Crippen LogP contribution in [-0.4, -0.2) is 41.3 Å². The number of thiophene rings is 1. The number of anilines is 1. The van der Waals surface area contributed by atoms with Gasteiger partial charge >= 0.3 is 0 Å². The summed E-state index contributed by atoms with van der Waals surface area (Å²) in [6.45, 7) is 0.760.